The number of H-pyrrole nitrogens is 1. The van der Waals surface area contributed by atoms with Crippen LogP contribution in [-0.2, 0) is 14.8 Å². The number of sulfonamides is 1. The number of nitrogens with one attached hydrogen (secondary N) is 2. The molecule has 9 nitrogen and oxygen atoms in total. The monoisotopic (exact) mass is 468 g/mol. The summed E-state index contributed by atoms with van der Waals surface area (Å²) >= 11 is 0. The van der Waals surface area contributed by atoms with Crippen molar-refractivity contribution in [1.29, 1.82) is 0 Å². The van der Waals surface area contributed by atoms with Crippen LogP contribution in [0, 0.1) is 0 Å². The molecule has 172 valence electrons. The van der Waals surface area contributed by atoms with Crippen LogP contribution in [0.5, 0.6) is 11.5 Å². The Balaban J connectivity index is 1.24. The number of carbonyl (C=O) groups is 1. The van der Waals surface area contributed by atoms with Crippen LogP contribution in [0.25, 0.3) is 11.3 Å². The van der Waals surface area contributed by atoms with Gasteiger partial charge in [-0.25, -0.2) is 8.42 Å². The summed E-state index contributed by atoms with van der Waals surface area (Å²) in [5.74, 6) is 1.44. The van der Waals surface area contributed by atoms with E-state index in [9.17, 15) is 13.2 Å². The zero-order valence-electron chi connectivity index (χ0n) is 18.1. The van der Waals surface area contributed by atoms with Crippen LogP contribution in [0.1, 0.15) is 31.4 Å². The molecule has 1 aromatic heterocycles. The van der Waals surface area contributed by atoms with Crippen LogP contribution in [-0.4, -0.2) is 48.7 Å². The van der Waals surface area contributed by atoms with Crippen molar-refractivity contribution in [2.75, 3.05) is 25.2 Å². The van der Waals surface area contributed by atoms with E-state index in [1.807, 2.05) is 24.3 Å². The highest BCUT2D eigenvalue weighted by molar-refractivity contribution is 7.89. The van der Waals surface area contributed by atoms with Crippen LogP contribution in [0.2, 0.25) is 0 Å². The van der Waals surface area contributed by atoms with E-state index in [1.54, 1.807) is 12.1 Å². The Hall–Kier alpha value is -3.37. The van der Waals surface area contributed by atoms with Gasteiger partial charge in [0.15, 0.2) is 11.5 Å². The Kier molecular flexibility index (Phi) is 5.55. The minimum Gasteiger partial charge on any atom is -0.454 e. The molecule has 0 spiro atoms. The first-order valence-corrected chi connectivity index (χ1v) is 12.2. The van der Waals surface area contributed by atoms with Gasteiger partial charge in [0.25, 0.3) is 0 Å². The first kappa shape index (κ1) is 21.5. The fourth-order valence-corrected chi connectivity index (χ4v) is 5.69. The number of nitrogens with zero attached hydrogens (tertiary/aromatic N) is 2. The first-order valence-electron chi connectivity index (χ1n) is 10.7. The summed E-state index contributed by atoms with van der Waals surface area (Å²) in [6.45, 7) is 2.50. The van der Waals surface area contributed by atoms with Crippen molar-refractivity contribution in [3.63, 3.8) is 0 Å². The lowest BCUT2D eigenvalue weighted by molar-refractivity contribution is -0.114. The molecule has 1 fully saturated rings. The summed E-state index contributed by atoms with van der Waals surface area (Å²) in [6, 6.07) is 14.0. The molecule has 0 saturated carbocycles. The number of carbonyl (C=O) groups excluding carboxylic acids is 1. The highest BCUT2D eigenvalue weighted by atomic mass is 32.2. The summed E-state index contributed by atoms with van der Waals surface area (Å²) in [6.07, 6.45) is 1.40. The number of ether oxygens (including phenoxy) is 2. The molecule has 3 heterocycles. The van der Waals surface area contributed by atoms with Crippen LogP contribution in [0.15, 0.2) is 53.4 Å². The van der Waals surface area contributed by atoms with Crippen molar-refractivity contribution in [3.8, 4) is 22.8 Å². The van der Waals surface area contributed by atoms with Gasteiger partial charge in [-0.3, -0.25) is 9.89 Å². The fourth-order valence-electron chi connectivity index (χ4n) is 4.22. The molecule has 0 atom stereocenters. The number of rotatable bonds is 5. The Morgan fingerprint density at radius 2 is 1.79 bits per heavy atom. The lowest BCUT2D eigenvalue weighted by Crippen LogP contribution is -2.37. The highest BCUT2D eigenvalue weighted by Gasteiger charge is 2.30. The first-order chi connectivity index (χ1) is 15.9. The number of hydrogen-bond donors (Lipinski definition) is 2. The summed E-state index contributed by atoms with van der Waals surface area (Å²) in [4.78, 5) is 11.4. The number of anilines is 1. The molecule has 0 aliphatic carbocycles. The standard InChI is InChI=1S/C23H24N4O5S/c1-15(28)24-18-3-5-19(6-4-18)33(29,30)27-10-8-16(9-11-27)20-13-21(26-25-20)17-2-7-22-23(12-17)32-14-31-22/h2-7,12-13,16H,8-11,14H2,1H3,(H,24,28)(H,25,26). The Morgan fingerprint density at radius 3 is 2.52 bits per heavy atom. The van der Waals surface area contributed by atoms with E-state index in [2.05, 4.69) is 15.5 Å². The van der Waals surface area contributed by atoms with Crippen molar-refractivity contribution in [2.45, 2.75) is 30.6 Å². The van der Waals surface area contributed by atoms with E-state index in [1.165, 1.54) is 23.4 Å². The second-order valence-corrected chi connectivity index (χ2v) is 10.1. The maximum atomic E-state index is 13.0. The molecule has 2 aliphatic heterocycles. The van der Waals surface area contributed by atoms with Crippen LogP contribution >= 0.6 is 0 Å². The maximum absolute atomic E-state index is 13.0. The molecule has 1 amide bonds. The molecule has 2 aliphatic rings. The molecule has 1 saturated heterocycles. The van der Waals surface area contributed by atoms with Gasteiger partial charge < -0.3 is 14.8 Å². The van der Waals surface area contributed by atoms with E-state index < -0.39 is 10.0 Å². The number of benzene rings is 2. The number of amides is 1. The van der Waals surface area contributed by atoms with Gasteiger partial charge in [-0.05, 0) is 61.4 Å². The van der Waals surface area contributed by atoms with E-state index in [0.717, 1.165) is 22.7 Å². The van der Waals surface area contributed by atoms with Gasteiger partial charge in [0, 0.05) is 42.9 Å². The second kappa shape index (κ2) is 8.53. The lowest BCUT2D eigenvalue weighted by Gasteiger charge is -2.30. The molecule has 2 N–H and O–H groups in total. The van der Waals surface area contributed by atoms with Crippen molar-refractivity contribution in [3.05, 3.63) is 54.2 Å². The third-order valence-electron chi connectivity index (χ3n) is 5.97. The molecule has 10 heteroatoms. The lowest BCUT2D eigenvalue weighted by atomic mass is 9.94. The van der Waals surface area contributed by atoms with Gasteiger partial charge in [0.2, 0.25) is 22.7 Å². The topological polar surface area (TPSA) is 114 Å². The number of fused-ring (bicyclic) bond motifs is 1. The summed E-state index contributed by atoms with van der Waals surface area (Å²) < 4.78 is 38.4. The smallest absolute Gasteiger partial charge is 0.243 e. The second-order valence-electron chi connectivity index (χ2n) is 8.16. The summed E-state index contributed by atoms with van der Waals surface area (Å²) in [5, 5.41) is 10.2. The molecule has 33 heavy (non-hydrogen) atoms. The minimum atomic E-state index is -3.59. The van der Waals surface area contributed by atoms with Gasteiger partial charge in [-0.2, -0.15) is 9.40 Å². The SMILES string of the molecule is CC(=O)Nc1ccc(S(=O)(=O)N2CCC(c3cc(-c4ccc5c(c4)OCO5)n[nH]3)CC2)cc1. The van der Waals surface area contributed by atoms with E-state index in [-0.39, 0.29) is 23.5 Å². The predicted octanol–water partition coefficient (Wildman–Crippen LogP) is 3.33. The molecule has 3 aromatic rings. The number of piperidine rings is 1. The maximum Gasteiger partial charge on any atom is 0.243 e. The highest BCUT2D eigenvalue weighted by Crippen LogP contribution is 2.37. The van der Waals surface area contributed by atoms with Crippen molar-refractivity contribution < 1.29 is 22.7 Å². The van der Waals surface area contributed by atoms with Crippen molar-refractivity contribution in [1.82, 2.24) is 14.5 Å². The minimum absolute atomic E-state index is 0.201. The fraction of sp³-hybridized carbons (Fsp3) is 0.304. The quantitative estimate of drug-likeness (QED) is 0.594. The molecular weight excluding hydrogens is 444 g/mol. The van der Waals surface area contributed by atoms with Gasteiger partial charge in [-0.15, -0.1) is 0 Å². The predicted molar refractivity (Wildman–Crippen MR) is 122 cm³/mol. The molecule has 0 radical (unpaired) electrons. The van der Waals surface area contributed by atoms with Crippen molar-refractivity contribution in [2.24, 2.45) is 0 Å². The van der Waals surface area contributed by atoms with E-state index in [0.29, 0.717) is 37.4 Å². The summed E-state index contributed by atoms with van der Waals surface area (Å²) in [5.41, 5.74) is 3.32. The number of hydrogen-bond acceptors (Lipinski definition) is 6. The summed E-state index contributed by atoms with van der Waals surface area (Å²) in [7, 11) is -3.59. The van der Waals surface area contributed by atoms with Gasteiger partial charge in [0.1, 0.15) is 0 Å². The Bertz CT molecular complexity index is 1280. The molecule has 5 rings (SSSR count). The average Bonchev–Trinajstić information content (AvgIpc) is 3.48. The van der Waals surface area contributed by atoms with Gasteiger partial charge in [-0.1, -0.05) is 0 Å². The molecular formula is C23H24N4O5S. The molecule has 2 aromatic carbocycles. The van der Waals surface area contributed by atoms with Crippen LogP contribution in [0.3, 0.4) is 0 Å². The van der Waals surface area contributed by atoms with E-state index >= 15 is 0 Å². The van der Waals surface area contributed by atoms with Crippen LogP contribution in [0.4, 0.5) is 5.69 Å². The van der Waals surface area contributed by atoms with Gasteiger partial charge in [0.05, 0.1) is 10.6 Å². The third kappa shape index (κ3) is 4.31. The molecule has 0 unspecified atom stereocenters. The number of aromatic nitrogens is 2. The zero-order valence-corrected chi connectivity index (χ0v) is 18.9. The van der Waals surface area contributed by atoms with Crippen molar-refractivity contribution >= 4 is 21.6 Å². The largest absolute Gasteiger partial charge is 0.454 e. The third-order valence-corrected chi connectivity index (χ3v) is 7.89. The Morgan fingerprint density at radius 1 is 1.06 bits per heavy atom. The average molecular weight is 469 g/mol. The normalized spacial score (nSPS) is 16.6. The van der Waals surface area contributed by atoms with E-state index in [4.69, 9.17) is 9.47 Å². The zero-order chi connectivity index (χ0) is 23.0. The molecule has 0 bridgehead atoms. The van der Waals surface area contributed by atoms with Crippen LogP contribution < -0.4 is 14.8 Å². The van der Waals surface area contributed by atoms with Gasteiger partial charge >= 0.3 is 0 Å². The number of aromatic amines is 1. The Labute approximate surface area is 191 Å².